The lowest BCUT2D eigenvalue weighted by atomic mass is 10.0. The van der Waals surface area contributed by atoms with E-state index >= 15 is 0 Å². The van der Waals surface area contributed by atoms with E-state index in [9.17, 15) is 22.8 Å². The van der Waals surface area contributed by atoms with Crippen molar-refractivity contribution in [2.45, 2.75) is 38.6 Å². The fourth-order valence-corrected chi connectivity index (χ4v) is 3.77. The molecule has 0 aromatic heterocycles. The monoisotopic (exact) mass is 439 g/mol. The van der Waals surface area contributed by atoms with Gasteiger partial charge in [-0.1, -0.05) is 6.07 Å². The molecule has 1 atom stereocenters. The molecule has 1 aliphatic rings. The summed E-state index contributed by atoms with van der Waals surface area (Å²) in [5.41, 5.74) is 1.95. The molecule has 3 N–H and O–H groups in total. The molecule has 10 nitrogen and oxygen atoms in total. The summed E-state index contributed by atoms with van der Waals surface area (Å²) in [6.45, 7) is 5.97. The third-order valence-electron chi connectivity index (χ3n) is 4.44. The number of esters is 2. The molecule has 0 bridgehead atoms. The minimum absolute atomic E-state index is 0.0325. The van der Waals surface area contributed by atoms with Gasteiger partial charge in [0.1, 0.15) is 13.2 Å². The Hall–Kier alpha value is -2.92. The van der Waals surface area contributed by atoms with Crippen molar-refractivity contribution in [2.75, 3.05) is 19.8 Å². The molecular formula is C19H25N3O7S. The van der Waals surface area contributed by atoms with Gasteiger partial charge in [0.05, 0.1) is 28.8 Å². The van der Waals surface area contributed by atoms with Gasteiger partial charge in [-0.25, -0.2) is 18.0 Å². The van der Waals surface area contributed by atoms with Gasteiger partial charge in [-0.05, 0) is 51.0 Å². The first-order valence-corrected chi connectivity index (χ1v) is 10.7. The number of aryl methyl sites for hydroxylation is 2. The Balaban J connectivity index is 2.03. The van der Waals surface area contributed by atoms with Crippen LogP contribution in [0, 0.1) is 13.8 Å². The first-order chi connectivity index (χ1) is 14.0. The lowest BCUT2D eigenvalue weighted by Gasteiger charge is -2.26. The molecule has 0 unspecified atom stereocenters. The number of carbonyl (C=O) groups is 3. The van der Waals surface area contributed by atoms with E-state index in [1.807, 2.05) is 6.92 Å². The molecule has 2 amide bonds. The van der Waals surface area contributed by atoms with Crippen LogP contribution < -0.4 is 15.4 Å². The molecule has 1 aromatic carbocycles. The number of carbonyl (C=O) groups excluding carboxylic acids is 3. The highest BCUT2D eigenvalue weighted by Gasteiger charge is 2.30. The van der Waals surface area contributed by atoms with Crippen molar-refractivity contribution in [3.63, 3.8) is 0 Å². The second kappa shape index (κ2) is 9.72. The summed E-state index contributed by atoms with van der Waals surface area (Å²) in [6.07, 6.45) is 0. The molecule has 1 aromatic rings. The Bertz CT molecular complexity index is 986. The molecular weight excluding hydrogens is 414 g/mol. The highest BCUT2D eigenvalue weighted by molar-refractivity contribution is 7.89. The van der Waals surface area contributed by atoms with Crippen molar-refractivity contribution < 1.29 is 32.3 Å². The van der Waals surface area contributed by atoms with Crippen molar-refractivity contribution in [2.24, 2.45) is 0 Å². The van der Waals surface area contributed by atoms with Gasteiger partial charge >= 0.3 is 18.0 Å². The van der Waals surface area contributed by atoms with Crippen LogP contribution in [0.2, 0.25) is 0 Å². The number of rotatable bonds is 8. The Labute approximate surface area is 175 Å². The number of benzene rings is 1. The number of urea groups is 1. The molecule has 0 saturated carbocycles. The molecule has 1 aliphatic heterocycles. The van der Waals surface area contributed by atoms with Gasteiger partial charge in [-0.3, -0.25) is 4.79 Å². The number of ether oxygens (including phenoxy) is 2. The summed E-state index contributed by atoms with van der Waals surface area (Å²) in [6, 6.07) is 3.42. The molecule has 0 fully saturated rings. The molecule has 164 valence electrons. The van der Waals surface area contributed by atoms with Crippen LogP contribution in [0.25, 0.3) is 0 Å². The predicted molar refractivity (Wildman–Crippen MR) is 107 cm³/mol. The van der Waals surface area contributed by atoms with Crippen molar-refractivity contribution in [1.29, 1.82) is 0 Å². The van der Waals surface area contributed by atoms with Gasteiger partial charge in [0.15, 0.2) is 0 Å². The smallest absolute Gasteiger partial charge is 0.338 e. The maximum absolute atomic E-state index is 12.4. The second-order valence-electron chi connectivity index (χ2n) is 6.66. The minimum atomic E-state index is -3.90. The minimum Gasteiger partial charge on any atom is -0.463 e. The fraction of sp³-hybridized carbons (Fsp3) is 0.421. The summed E-state index contributed by atoms with van der Waals surface area (Å²) < 4.78 is 36.9. The van der Waals surface area contributed by atoms with E-state index in [4.69, 9.17) is 9.47 Å². The van der Waals surface area contributed by atoms with E-state index in [-0.39, 0.29) is 22.8 Å². The predicted octanol–water partition coefficient (Wildman–Crippen LogP) is 0.643. The highest BCUT2D eigenvalue weighted by atomic mass is 32.2. The van der Waals surface area contributed by atoms with E-state index in [0.29, 0.717) is 0 Å². The van der Waals surface area contributed by atoms with Crippen LogP contribution in [0.5, 0.6) is 0 Å². The van der Waals surface area contributed by atoms with E-state index in [1.54, 1.807) is 26.8 Å². The lowest BCUT2D eigenvalue weighted by molar-refractivity contribution is -0.142. The number of hydrogen-bond donors (Lipinski definition) is 3. The topological polar surface area (TPSA) is 140 Å². The van der Waals surface area contributed by atoms with E-state index in [2.05, 4.69) is 15.4 Å². The van der Waals surface area contributed by atoms with Crippen LogP contribution in [-0.4, -0.2) is 52.2 Å². The molecule has 11 heteroatoms. The van der Waals surface area contributed by atoms with Crippen LogP contribution in [0.4, 0.5) is 4.79 Å². The Morgan fingerprint density at radius 1 is 1.17 bits per heavy atom. The van der Waals surface area contributed by atoms with Crippen LogP contribution >= 0.6 is 0 Å². The van der Waals surface area contributed by atoms with Crippen LogP contribution in [0.15, 0.2) is 34.4 Å². The lowest BCUT2D eigenvalue weighted by Crippen LogP contribution is -2.50. The molecule has 0 spiro atoms. The molecule has 2 rings (SSSR count). The summed E-state index contributed by atoms with van der Waals surface area (Å²) in [7, 11) is -3.90. The van der Waals surface area contributed by atoms with Crippen LogP contribution in [0.3, 0.4) is 0 Å². The van der Waals surface area contributed by atoms with Gasteiger partial charge in [-0.2, -0.15) is 4.72 Å². The van der Waals surface area contributed by atoms with Crippen molar-refractivity contribution >= 4 is 28.0 Å². The maximum Gasteiger partial charge on any atom is 0.338 e. The third kappa shape index (κ3) is 5.80. The van der Waals surface area contributed by atoms with Crippen LogP contribution in [0.1, 0.15) is 25.0 Å². The van der Waals surface area contributed by atoms with Gasteiger partial charge in [-0.15, -0.1) is 0 Å². The number of hydrogen-bond acceptors (Lipinski definition) is 7. The fourth-order valence-electron chi connectivity index (χ4n) is 2.72. The number of nitrogens with one attached hydrogen (secondary N) is 3. The summed E-state index contributed by atoms with van der Waals surface area (Å²) >= 11 is 0. The maximum atomic E-state index is 12.4. The van der Waals surface area contributed by atoms with Gasteiger partial charge in [0.25, 0.3) is 0 Å². The van der Waals surface area contributed by atoms with Gasteiger partial charge in [0.2, 0.25) is 10.0 Å². The van der Waals surface area contributed by atoms with Gasteiger partial charge in [0, 0.05) is 0 Å². The number of sulfonamides is 1. The number of amides is 2. The van der Waals surface area contributed by atoms with Crippen molar-refractivity contribution in [3.8, 4) is 0 Å². The molecule has 0 aliphatic carbocycles. The largest absolute Gasteiger partial charge is 0.463 e. The summed E-state index contributed by atoms with van der Waals surface area (Å²) in [5, 5.41) is 4.93. The Kier molecular flexibility index (Phi) is 7.57. The van der Waals surface area contributed by atoms with Crippen molar-refractivity contribution in [3.05, 3.63) is 40.6 Å². The standard InChI is InChI=1S/C19H25N3O7S/c1-5-28-18(24)17-13(4)21-19(25)22-15(17)10-29-16(23)9-20-30(26,27)14-7-6-11(2)12(3)8-14/h6-8,13,20H,5,9-10H2,1-4H3,(H2,21,22,25)/t13-/m1/s1. The zero-order valence-electron chi connectivity index (χ0n) is 17.2. The summed E-state index contributed by atoms with van der Waals surface area (Å²) in [5.74, 6) is -1.53. The van der Waals surface area contributed by atoms with E-state index in [1.165, 1.54) is 12.1 Å². The summed E-state index contributed by atoms with van der Waals surface area (Å²) in [4.78, 5) is 35.9. The highest BCUT2D eigenvalue weighted by Crippen LogP contribution is 2.16. The first kappa shape index (κ1) is 23.4. The molecule has 1 heterocycles. The van der Waals surface area contributed by atoms with Gasteiger partial charge < -0.3 is 20.1 Å². The van der Waals surface area contributed by atoms with E-state index < -0.39 is 47.2 Å². The average Bonchev–Trinajstić information content (AvgIpc) is 2.66. The first-order valence-electron chi connectivity index (χ1n) is 9.25. The normalized spacial score (nSPS) is 16.5. The molecule has 0 radical (unpaired) electrons. The Morgan fingerprint density at radius 3 is 2.50 bits per heavy atom. The zero-order valence-corrected chi connectivity index (χ0v) is 18.0. The second-order valence-corrected chi connectivity index (χ2v) is 8.43. The molecule has 0 saturated heterocycles. The third-order valence-corrected chi connectivity index (χ3v) is 5.84. The molecule has 30 heavy (non-hydrogen) atoms. The SMILES string of the molecule is CCOC(=O)C1=C(COC(=O)CNS(=O)(=O)c2ccc(C)c(C)c2)NC(=O)N[C@@H]1C. The van der Waals surface area contributed by atoms with Crippen molar-refractivity contribution in [1.82, 2.24) is 15.4 Å². The quantitative estimate of drug-likeness (QED) is 0.505. The average molecular weight is 439 g/mol. The Morgan fingerprint density at radius 2 is 1.87 bits per heavy atom. The zero-order chi connectivity index (χ0) is 22.5. The van der Waals surface area contributed by atoms with E-state index in [0.717, 1.165) is 11.1 Å². The van der Waals surface area contributed by atoms with Crippen LogP contribution in [-0.2, 0) is 29.1 Å².